The molecule has 0 aliphatic rings. The monoisotopic (exact) mass is 331 g/mol. The van der Waals surface area contributed by atoms with Gasteiger partial charge in [-0.3, -0.25) is 14.4 Å². The van der Waals surface area contributed by atoms with Gasteiger partial charge in [0, 0.05) is 19.3 Å². The first-order valence-electron chi connectivity index (χ1n) is 6.61. The maximum absolute atomic E-state index is 12.3. The number of anilines is 1. The van der Waals surface area contributed by atoms with E-state index in [9.17, 15) is 8.42 Å². The van der Waals surface area contributed by atoms with Crippen molar-refractivity contribution in [2.75, 3.05) is 4.72 Å². The summed E-state index contributed by atoms with van der Waals surface area (Å²) in [7, 11) is -2.29. The summed E-state index contributed by atoms with van der Waals surface area (Å²) in [5, 5.41) is 7.03. The number of sulfonamides is 1. The highest BCUT2D eigenvalue weighted by Gasteiger charge is 2.20. The van der Waals surface area contributed by atoms with Crippen LogP contribution >= 0.6 is 0 Å². The molecule has 0 radical (unpaired) electrons. The maximum atomic E-state index is 12.3. The molecule has 0 amide bonds. The van der Waals surface area contributed by atoms with Crippen LogP contribution in [0.5, 0.6) is 11.5 Å². The molecule has 1 aromatic carbocycles. The van der Waals surface area contributed by atoms with E-state index in [1.165, 1.54) is 23.3 Å². The van der Waals surface area contributed by atoms with Crippen LogP contribution in [0.15, 0.2) is 60.0 Å². The molecule has 0 aliphatic heterocycles. The maximum Gasteiger partial charge on any atom is 0.283 e. The van der Waals surface area contributed by atoms with Gasteiger partial charge in [0.25, 0.3) is 10.0 Å². The summed E-state index contributed by atoms with van der Waals surface area (Å²) in [5.74, 6) is 0.914. The molecule has 0 spiro atoms. The summed E-state index contributed by atoms with van der Waals surface area (Å²) in [5.41, 5.74) is 0.210. The minimum absolute atomic E-state index is 0.186. The molecule has 1 N–H and O–H groups in total. The Kier molecular flexibility index (Phi) is 3.94. The molecule has 0 saturated carbocycles. The standard InChI is InChI=1S/C14H13N5O3S/c1-19-10-14(16-18-19)23(20,21)17-12-9-15-8-7-13(12)22-11-5-3-2-4-6-11/h2-10,17H,1H3. The number of nitrogens with one attached hydrogen (secondary N) is 1. The zero-order valence-corrected chi connectivity index (χ0v) is 12.9. The first-order chi connectivity index (χ1) is 11.0. The van der Waals surface area contributed by atoms with E-state index in [2.05, 4.69) is 20.0 Å². The molecule has 0 fully saturated rings. The summed E-state index contributed by atoms with van der Waals surface area (Å²) in [6.07, 6.45) is 4.18. The van der Waals surface area contributed by atoms with Gasteiger partial charge in [-0.05, 0) is 12.1 Å². The molecule has 3 rings (SSSR count). The fraction of sp³-hybridized carbons (Fsp3) is 0.0714. The van der Waals surface area contributed by atoms with Crippen LogP contribution in [-0.4, -0.2) is 28.4 Å². The Bertz CT molecular complexity index is 909. The van der Waals surface area contributed by atoms with E-state index in [1.54, 1.807) is 25.2 Å². The Morgan fingerprint density at radius 1 is 1.17 bits per heavy atom. The molecule has 0 saturated heterocycles. The zero-order valence-electron chi connectivity index (χ0n) is 12.1. The number of para-hydroxylation sites is 1. The molecule has 3 aromatic rings. The van der Waals surface area contributed by atoms with E-state index < -0.39 is 10.0 Å². The SMILES string of the molecule is Cn1cc(S(=O)(=O)Nc2cnccc2Oc2ccccc2)nn1. The number of benzene rings is 1. The van der Waals surface area contributed by atoms with Crippen LogP contribution in [-0.2, 0) is 17.1 Å². The third-order valence-corrected chi connectivity index (χ3v) is 4.08. The highest BCUT2D eigenvalue weighted by atomic mass is 32.2. The lowest BCUT2D eigenvalue weighted by atomic mass is 10.3. The fourth-order valence-corrected chi connectivity index (χ4v) is 2.79. The number of rotatable bonds is 5. The normalized spacial score (nSPS) is 11.2. The number of aromatic nitrogens is 4. The van der Waals surface area contributed by atoms with Crippen LogP contribution in [0.1, 0.15) is 0 Å². The molecule has 118 valence electrons. The number of pyridine rings is 1. The molecule has 0 bridgehead atoms. The van der Waals surface area contributed by atoms with Crippen LogP contribution in [0.2, 0.25) is 0 Å². The van der Waals surface area contributed by atoms with Crippen molar-refractivity contribution in [2.24, 2.45) is 7.05 Å². The third kappa shape index (κ3) is 3.46. The Labute approximate surface area is 132 Å². The van der Waals surface area contributed by atoms with Gasteiger partial charge in [-0.1, -0.05) is 23.4 Å². The van der Waals surface area contributed by atoms with Gasteiger partial charge >= 0.3 is 0 Å². The molecule has 0 unspecified atom stereocenters. The molecular formula is C14H13N5O3S. The van der Waals surface area contributed by atoms with E-state index in [0.29, 0.717) is 11.5 Å². The van der Waals surface area contributed by atoms with Crippen molar-refractivity contribution in [3.05, 3.63) is 55.0 Å². The lowest BCUT2D eigenvalue weighted by Crippen LogP contribution is -2.14. The third-order valence-electron chi connectivity index (χ3n) is 2.85. The van der Waals surface area contributed by atoms with E-state index >= 15 is 0 Å². The minimum atomic E-state index is -3.87. The lowest BCUT2D eigenvalue weighted by molar-refractivity contribution is 0.484. The largest absolute Gasteiger partial charge is 0.455 e. The Morgan fingerprint density at radius 3 is 2.65 bits per heavy atom. The fourth-order valence-electron chi connectivity index (χ4n) is 1.81. The van der Waals surface area contributed by atoms with Gasteiger partial charge in [-0.15, -0.1) is 5.10 Å². The molecule has 0 atom stereocenters. The predicted octanol–water partition coefficient (Wildman–Crippen LogP) is 1.80. The van der Waals surface area contributed by atoms with Crippen molar-refractivity contribution in [1.29, 1.82) is 0 Å². The average molecular weight is 331 g/mol. The first-order valence-corrected chi connectivity index (χ1v) is 8.09. The van der Waals surface area contributed by atoms with E-state index in [4.69, 9.17) is 4.74 Å². The van der Waals surface area contributed by atoms with Crippen molar-refractivity contribution in [2.45, 2.75) is 5.03 Å². The lowest BCUT2D eigenvalue weighted by Gasteiger charge is -2.11. The van der Waals surface area contributed by atoms with Crippen molar-refractivity contribution in [3.8, 4) is 11.5 Å². The second-order valence-corrected chi connectivity index (χ2v) is 6.25. The topological polar surface area (TPSA) is 99.0 Å². The minimum Gasteiger partial charge on any atom is -0.455 e. The molecule has 9 heteroatoms. The van der Waals surface area contributed by atoms with E-state index in [-0.39, 0.29) is 10.7 Å². The van der Waals surface area contributed by atoms with Gasteiger partial charge in [0.1, 0.15) is 11.4 Å². The molecule has 23 heavy (non-hydrogen) atoms. The Hall–Kier alpha value is -2.94. The Morgan fingerprint density at radius 2 is 1.96 bits per heavy atom. The summed E-state index contributed by atoms with van der Waals surface area (Å²) in [6, 6.07) is 10.6. The molecule has 8 nitrogen and oxygen atoms in total. The second-order valence-electron chi connectivity index (χ2n) is 4.62. The van der Waals surface area contributed by atoms with Gasteiger partial charge in [-0.25, -0.2) is 0 Å². The summed E-state index contributed by atoms with van der Waals surface area (Å²) in [6.45, 7) is 0. The van der Waals surface area contributed by atoms with Crippen LogP contribution in [0.3, 0.4) is 0 Å². The predicted molar refractivity (Wildman–Crippen MR) is 82.6 cm³/mol. The van der Waals surface area contributed by atoms with Gasteiger partial charge < -0.3 is 4.74 Å². The van der Waals surface area contributed by atoms with Crippen LogP contribution in [0.25, 0.3) is 0 Å². The van der Waals surface area contributed by atoms with Crippen molar-refractivity contribution in [1.82, 2.24) is 20.0 Å². The highest BCUT2D eigenvalue weighted by Crippen LogP contribution is 2.29. The van der Waals surface area contributed by atoms with E-state index in [0.717, 1.165) is 0 Å². The summed E-state index contributed by atoms with van der Waals surface area (Å²) in [4.78, 5) is 3.92. The quantitative estimate of drug-likeness (QED) is 0.765. The molecular weight excluding hydrogens is 318 g/mol. The number of nitrogens with zero attached hydrogens (tertiary/aromatic N) is 4. The second kappa shape index (κ2) is 6.05. The molecule has 2 heterocycles. The van der Waals surface area contributed by atoms with Gasteiger partial charge in [0.15, 0.2) is 5.75 Å². The Balaban J connectivity index is 1.89. The van der Waals surface area contributed by atoms with Crippen molar-refractivity contribution >= 4 is 15.7 Å². The number of hydrogen-bond donors (Lipinski definition) is 1. The number of ether oxygens (including phenoxy) is 1. The van der Waals surface area contributed by atoms with Gasteiger partial charge in [0.05, 0.1) is 12.4 Å². The van der Waals surface area contributed by atoms with Crippen LogP contribution in [0.4, 0.5) is 5.69 Å². The number of aryl methyl sites for hydroxylation is 1. The zero-order chi connectivity index (χ0) is 16.3. The summed E-state index contributed by atoms with van der Waals surface area (Å²) < 4.78 is 34.0. The average Bonchev–Trinajstić information content (AvgIpc) is 2.98. The highest BCUT2D eigenvalue weighted by molar-refractivity contribution is 7.92. The molecule has 2 aromatic heterocycles. The summed E-state index contributed by atoms with van der Waals surface area (Å²) >= 11 is 0. The smallest absolute Gasteiger partial charge is 0.283 e. The first kappa shape index (κ1) is 15.0. The molecule has 0 aliphatic carbocycles. The van der Waals surface area contributed by atoms with Crippen molar-refractivity contribution in [3.63, 3.8) is 0 Å². The van der Waals surface area contributed by atoms with E-state index in [1.807, 2.05) is 18.2 Å². The van der Waals surface area contributed by atoms with Gasteiger partial charge in [-0.2, -0.15) is 8.42 Å². The van der Waals surface area contributed by atoms with Gasteiger partial charge in [0.2, 0.25) is 5.03 Å². The van der Waals surface area contributed by atoms with Crippen LogP contribution in [0, 0.1) is 0 Å². The van der Waals surface area contributed by atoms with Crippen LogP contribution < -0.4 is 9.46 Å². The number of hydrogen-bond acceptors (Lipinski definition) is 6. The van der Waals surface area contributed by atoms with Crippen molar-refractivity contribution < 1.29 is 13.2 Å².